The molecule has 2 N–H and O–H groups in total. The third-order valence-electron chi connectivity index (χ3n) is 5.08. The maximum Gasteiger partial charge on any atom is 0.337 e. The number of amides is 1. The number of piperidine rings is 1. The fraction of sp³-hybridized carbons (Fsp3) is 0.333. The number of nitrogen functional groups attached to an aromatic ring is 1. The van der Waals surface area contributed by atoms with Crippen molar-refractivity contribution in [3.63, 3.8) is 0 Å². The summed E-state index contributed by atoms with van der Waals surface area (Å²) in [6.45, 7) is 3.37. The van der Waals surface area contributed by atoms with Gasteiger partial charge in [0.15, 0.2) is 0 Å². The van der Waals surface area contributed by atoms with Gasteiger partial charge in [-0.25, -0.2) is 4.79 Å². The molecule has 1 aliphatic rings. The summed E-state index contributed by atoms with van der Waals surface area (Å²) in [5.41, 5.74) is 9.83. The van der Waals surface area contributed by atoms with Gasteiger partial charge in [0.1, 0.15) is 0 Å². The first-order valence-corrected chi connectivity index (χ1v) is 8.83. The minimum atomic E-state index is -0.325. The minimum Gasteiger partial charge on any atom is -0.465 e. The van der Waals surface area contributed by atoms with Gasteiger partial charge < -0.3 is 15.4 Å². The number of nitrogens with two attached hydrogens (primary N) is 1. The van der Waals surface area contributed by atoms with Crippen molar-refractivity contribution in [3.05, 3.63) is 64.7 Å². The smallest absolute Gasteiger partial charge is 0.337 e. The van der Waals surface area contributed by atoms with E-state index in [-0.39, 0.29) is 11.9 Å². The summed E-state index contributed by atoms with van der Waals surface area (Å²) in [5.74, 6) is 0.122. The number of esters is 1. The molecule has 2 aromatic carbocycles. The van der Waals surface area contributed by atoms with Crippen LogP contribution in [0.5, 0.6) is 0 Å². The molecular weight excluding hydrogens is 328 g/mol. The zero-order chi connectivity index (χ0) is 18.7. The van der Waals surface area contributed by atoms with Crippen LogP contribution in [0, 0.1) is 6.92 Å². The largest absolute Gasteiger partial charge is 0.465 e. The highest BCUT2D eigenvalue weighted by Gasteiger charge is 2.25. The van der Waals surface area contributed by atoms with Crippen molar-refractivity contribution in [1.29, 1.82) is 0 Å². The monoisotopic (exact) mass is 352 g/mol. The van der Waals surface area contributed by atoms with Crippen LogP contribution in [0.3, 0.4) is 0 Å². The number of aryl methyl sites for hydroxylation is 1. The summed E-state index contributed by atoms with van der Waals surface area (Å²) in [6.07, 6.45) is 1.81. The normalized spacial score (nSPS) is 14.9. The summed E-state index contributed by atoms with van der Waals surface area (Å²) >= 11 is 0. The quantitative estimate of drug-likeness (QED) is 0.679. The second kappa shape index (κ2) is 7.60. The molecule has 1 fully saturated rings. The lowest BCUT2D eigenvalue weighted by atomic mass is 9.88. The predicted molar refractivity (Wildman–Crippen MR) is 101 cm³/mol. The van der Waals surface area contributed by atoms with Gasteiger partial charge in [0.05, 0.1) is 12.7 Å². The summed E-state index contributed by atoms with van der Waals surface area (Å²) < 4.78 is 4.73. The molecule has 0 atom stereocenters. The van der Waals surface area contributed by atoms with Crippen molar-refractivity contribution in [3.8, 4) is 0 Å². The first-order valence-electron chi connectivity index (χ1n) is 8.83. The van der Waals surface area contributed by atoms with Gasteiger partial charge in [0.25, 0.3) is 5.91 Å². The van der Waals surface area contributed by atoms with Crippen LogP contribution in [-0.2, 0) is 4.74 Å². The van der Waals surface area contributed by atoms with Gasteiger partial charge in [-0.15, -0.1) is 0 Å². The van der Waals surface area contributed by atoms with Gasteiger partial charge in [0.2, 0.25) is 0 Å². The first-order chi connectivity index (χ1) is 12.5. The standard InChI is InChI=1S/C21H24N2O3/c1-14-3-8-18(22)13-19(14)20(24)23-11-9-16(10-12-23)15-4-6-17(7-5-15)21(25)26-2/h3-8,13,16H,9-12,22H2,1-2H3. The van der Waals surface area contributed by atoms with E-state index in [0.29, 0.717) is 22.7 Å². The second-order valence-electron chi connectivity index (χ2n) is 6.75. The van der Waals surface area contributed by atoms with Crippen LogP contribution in [0.25, 0.3) is 0 Å². The summed E-state index contributed by atoms with van der Waals surface area (Å²) in [7, 11) is 1.38. The number of carbonyl (C=O) groups is 2. The SMILES string of the molecule is COC(=O)c1ccc(C2CCN(C(=O)c3cc(N)ccc3C)CC2)cc1. The Morgan fingerprint density at radius 1 is 1.08 bits per heavy atom. The van der Waals surface area contributed by atoms with Crippen LogP contribution in [0.1, 0.15) is 50.6 Å². The molecular formula is C21H24N2O3. The Morgan fingerprint density at radius 3 is 2.35 bits per heavy atom. The van der Waals surface area contributed by atoms with Crippen LogP contribution in [0.2, 0.25) is 0 Å². The van der Waals surface area contributed by atoms with E-state index in [1.54, 1.807) is 18.2 Å². The lowest BCUT2D eigenvalue weighted by Crippen LogP contribution is -2.38. The average Bonchev–Trinajstić information content (AvgIpc) is 2.69. The highest BCUT2D eigenvalue weighted by molar-refractivity contribution is 5.96. The Morgan fingerprint density at radius 2 is 1.73 bits per heavy atom. The van der Waals surface area contributed by atoms with Crippen molar-refractivity contribution in [2.75, 3.05) is 25.9 Å². The fourth-order valence-electron chi connectivity index (χ4n) is 3.47. The molecule has 0 unspecified atom stereocenters. The molecule has 5 heteroatoms. The van der Waals surface area contributed by atoms with Crippen molar-refractivity contribution in [2.24, 2.45) is 0 Å². The van der Waals surface area contributed by atoms with E-state index in [4.69, 9.17) is 10.5 Å². The maximum absolute atomic E-state index is 12.8. The van der Waals surface area contributed by atoms with Crippen LogP contribution >= 0.6 is 0 Å². The van der Waals surface area contributed by atoms with Gasteiger partial charge in [-0.2, -0.15) is 0 Å². The molecule has 0 aromatic heterocycles. The Kier molecular flexibility index (Phi) is 5.26. The van der Waals surface area contributed by atoms with E-state index in [0.717, 1.165) is 31.5 Å². The zero-order valence-corrected chi connectivity index (χ0v) is 15.2. The summed E-state index contributed by atoms with van der Waals surface area (Å²) in [6, 6.07) is 13.0. The van der Waals surface area contributed by atoms with Crippen molar-refractivity contribution >= 4 is 17.6 Å². The highest BCUT2D eigenvalue weighted by atomic mass is 16.5. The van der Waals surface area contributed by atoms with E-state index >= 15 is 0 Å². The number of hydrogen-bond acceptors (Lipinski definition) is 4. The third-order valence-corrected chi connectivity index (χ3v) is 5.08. The van der Waals surface area contributed by atoms with Crippen molar-refractivity contribution < 1.29 is 14.3 Å². The molecule has 1 aliphatic heterocycles. The molecule has 5 nitrogen and oxygen atoms in total. The van der Waals surface area contributed by atoms with Crippen LogP contribution in [-0.4, -0.2) is 37.0 Å². The third kappa shape index (κ3) is 3.72. The lowest BCUT2D eigenvalue weighted by molar-refractivity contribution is 0.0600. The molecule has 3 rings (SSSR count). The number of carbonyl (C=O) groups excluding carboxylic acids is 2. The van der Waals surface area contributed by atoms with E-state index in [2.05, 4.69) is 0 Å². The number of anilines is 1. The number of nitrogens with zero attached hydrogens (tertiary/aromatic N) is 1. The molecule has 136 valence electrons. The number of likely N-dealkylation sites (tertiary alicyclic amines) is 1. The molecule has 0 radical (unpaired) electrons. The Hall–Kier alpha value is -2.82. The van der Waals surface area contributed by atoms with Crippen molar-refractivity contribution in [1.82, 2.24) is 4.90 Å². The minimum absolute atomic E-state index is 0.0503. The van der Waals surface area contributed by atoms with Gasteiger partial charge in [-0.1, -0.05) is 18.2 Å². The number of rotatable bonds is 3. The molecule has 0 spiro atoms. The molecule has 0 saturated carbocycles. The molecule has 0 bridgehead atoms. The molecule has 2 aromatic rings. The van der Waals surface area contributed by atoms with Crippen LogP contribution in [0.4, 0.5) is 5.69 Å². The second-order valence-corrected chi connectivity index (χ2v) is 6.75. The van der Waals surface area contributed by atoms with Gasteiger partial charge >= 0.3 is 5.97 Å². The lowest BCUT2D eigenvalue weighted by Gasteiger charge is -2.32. The Bertz CT molecular complexity index is 807. The molecule has 0 aliphatic carbocycles. The highest BCUT2D eigenvalue weighted by Crippen LogP contribution is 2.29. The summed E-state index contributed by atoms with van der Waals surface area (Å²) in [5, 5.41) is 0. The molecule has 1 amide bonds. The van der Waals surface area contributed by atoms with E-state index in [1.165, 1.54) is 12.7 Å². The molecule has 1 saturated heterocycles. The van der Waals surface area contributed by atoms with Gasteiger partial charge in [-0.3, -0.25) is 4.79 Å². The van der Waals surface area contributed by atoms with E-state index < -0.39 is 0 Å². The predicted octanol–water partition coefficient (Wildman–Crippen LogP) is 3.38. The van der Waals surface area contributed by atoms with Crippen molar-refractivity contribution in [2.45, 2.75) is 25.7 Å². The fourth-order valence-corrected chi connectivity index (χ4v) is 3.47. The first kappa shape index (κ1) is 18.0. The van der Waals surface area contributed by atoms with Gasteiger partial charge in [-0.05, 0) is 61.1 Å². The number of methoxy groups -OCH3 is 1. The maximum atomic E-state index is 12.8. The van der Waals surface area contributed by atoms with Crippen LogP contribution < -0.4 is 5.73 Å². The Labute approximate surface area is 153 Å². The molecule has 1 heterocycles. The Balaban J connectivity index is 1.64. The zero-order valence-electron chi connectivity index (χ0n) is 15.2. The van der Waals surface area contributed by atoms with Crippen LogP contribution in [0.15, 0.2) is 42.5 Å². The topological polar surface area (TPSA) is 72.6 Å². The molecule has 26 heavy (non-hydrogen) atoms. The van der Waals surface area contributed by atoms with E-state index in [1.807, 2.05) is 36.1 Å². The number of benzene rings is 2. The number of ether oxygens (including phenoxy) is 1. The van der Waals surface area contributed by atoms with E-state index in [9.17, 15) is 9.59 Å². The van der Waals surface area contributed by atoms with Gasteiger partial charge in [0, 0.05) is 24.3 Å². The summed E-state index contributed by atoms with van der Waals surface area (Å²) in [4.78, 5) is 26.2. The number of hydrogen-bond donors (Lipinski definition) is 1. The average molecular weight is 352 g/mol.